The Kier molecular flexibility index (Phi) is 13.1. The lowest BCUT2D eigenvalue weighted by atomic mass is 9.98. The SMILES string of the molecule is Cc1ccc(OCCN=[N+]=[N-])c(/C=C/[C@H]2OC(C)(C)O[C@@H]2C(O)/C=C\[C@@H](C)[C@H](C)O[Si](c2ccccc2)(c2ccccc2)C(C)(C)C)c1C(=O)O. The lowest BCUT2D eigenvalue weighted by Gasteiger charge is -2.45. The second-order valence-corrected chi connectivity index (χ2v) is 18.7. The number of carbonyl (C=O) groups is 1. The van der Waals surface area contributed by atoms with Gasteiger partial charge in [-0.05, 0) is 66.2 Å². The average Bonchev–Trinajstić information content (AvgIpc) is 3.41. The molecule has 2 N–H and O–H groups in total. The van der Waals surface area contributed by atoms with Gasteiger partial charge in [-0.15, -0.1) is 0 Å². The molecule has 3 aromatic carbocycles. The molecule has 10 nitrogen and oxygen atoms in total. The van der Waals surface area contributed by atoms with Crippen molar-refractivity contribution in [3.05, 3.63) is 118 Å². The Bertz CT molecular complexity index is 1690. The summed E-state index contributed by atoms with van der Waals surface area (Å²) in [5.74, 6) is -1.86. The van der Waals surface area contributed by atoms with Crippen molar-refractivity contribution in [1.29, 1.82) is 0 Å². The van der Waals surface area contributed by atoms with Crippen molar-refractivity contribution in [3.8, 4) is 5.75 Å². The van der Waals surface area contributed by atoms with E-state index in [4.69, 9.17) is 24.2 Å². The number of hydrogen-bond donors (Lipinski definition) is 2. The van der Waals surface area contributed by atoms with Crippen LogP contribution in [0.2, 0.25) is 5.04 Å². The minimum Gasteiger partial charge on any atom is -0.493 e. The summed E-state index contributed by atoms with van der Waals surface area (Å²) in [4.78, 5) is 15.0. The van der Waals surface area contributed by atoms with Crippen LogP contribution in [0.5, 0.6) is 5.75 Å². The number of aliphatic hydroxyl groups is 1. The predicted octanol–water partition coefficient (Wildman–Crippen LogP) is 7.43. The molecule has 1 unspecified atom stereocenters. The number of aliphatic hydroxyl groups excluding tert-OH is 1. The Morgan fingerprint density at radius 2 is 1.63 bits per heavy atom. The molecule has 0 amide bonds. The zero-order chi connectivity index (χ0) is 37.4. The van der Waals surface area contributed by atoms with Crippen molar-refractivity contribution in [2.75, 3.05) is 13.2 Å². The van der Waals surface area contributed by atoms with E-state index in [-0.39, 0.29) is 35.8 Å². The van der Waals surface area contributed by atoms with Crippen LogP contribution in [0.4, 0.5) is 0 Å². The highest BCUT2D eigenvalue weighted by atomic mass is 28.4. The number of hydrogen-bond acceptors (Lipinski definition) is 7. The third-order valence-corrected chi connectivity index (χ3v) is 14.4. The maximum Gasteiger partial charge on any atom is 0.336 e. The zero-order valence-corrected chi connectivity index (χ0v) is 31.8. The van der Waals surface area contributed by atoms with E-state index < -0.39 is 38.4 Å². The van der Waals surface area contributed by atoms with Gasteiger partial charge in [0.2, 0.25) is 0 Å². The monoisotopic (exact) mass is 713 g/mol. The van der Waals surface area contributed by atoms with Gasteiger partial charge >= 0.3 is 5.97 Å². The number of aryl methyl sites for hydroxylation is 1. The molecule has 0 bridgehead atoms. The number of aromatic carboxylic acids is 1. The van der Waals surface area contributed by atoms with Crippen molar-refractivity contribution in [2.45, 2.75) is 90.6 Å². The molecule has 0 aromatic heterocycles. The lowest BCUT2D eigenvalue weighted by Crippen LogP contribution is -2.67. The number of nitrogens with zero attached hydrogens (tertiary/aromatic N) is 3. The van der Waals surface area contributed by atoms with Crippen LogP contribution >= 0.6 is 0 Å². The van der Waals surface area contributed by atoms with E-state index in [1.807, 2.05) is 18.2 Å². The Hall–Kier alpha value is -4.22. The normalized spacial score (nSPS) is 19.5. The smallest absolute Gasteiger partial charge is 0.336 e. The number of rotatable bonds is 15. The Morgan fingerprint density at radius 3 is 2.18 bits per heavy atom. The molecule has 11 heteroatoms. The van der Waals surface area contributed by atoms with Crippen LogP contribution in [0.1, 0.15) is 70.0 Å². The largest absolute Gasteiger partial charge is 0.493 e. The van der Waals surface area contributed by atoms with Gasteiger partial charge in [-0.3, -0.25) is 0 Å². The molecule has 0 radical (unpaired) electrons. The third-order valence-electron chi connectivity index (χ3n) is 9.22. The van der Waals surface area contributed by atoms with E-state index in [2.05, 4.69) is 93.2 Å². The quantitative estimate of drug-likeness (QED) is 0.0416. The predicted molar refractivity (Wildman–Crippen MR) is 203 cm³/mol. The molecule has 4 rings (SSSR count). The molecule has 1 fully saturated rings. The van der Waals surface area contributed by atoms with Crippen molar-refractivity contribution >= 4 is 30.7 Å². The summed E-state index contributed by atoms with van der Waals surface area (Å²) in [6.07, 6.45) is 4.28. The summed E-state index contributed by atoms with van der Waals surface area (Å²) in [5, 5.41) is 27.2. The van der Waals surface area contributed by atoms with Gasteiger partial charge in [-0.1, -0.05) is 124 Å². The molecule has 0 aliphatic carbocycles. The summed E-state index contributed by atoms with van der Waals surface area (Å²) in [6, 6.07) is 24.3. The van der Waals surface area contributed by atoms with E-state index in [1.54, 1.807) is 51.1 Å². The van der Waals surface area contributed by atoms with Crippen LogP contribution in [-0.2, 0) is 13.9 Å². The van der Waals surface area contributed by atoms with Gasteiger partial charge in [0, 0.05) is 16.6 Å². The maximum absolute atomic E-state index is 12.3. The first-order valence-corrected chi connectivity index (χ1v) is 19.2. The van der Waals surface area contributed by atoms with Crippen molar-refractivity contribution < 1.29 is 33.6 Å². The van der Waals surface area contributed by atoms with Crippen LogP contribution in [-0.4, -0.2) is 67.9 Å². The van der Waals surface area contributed by atoms with Gasteiger partial charge in [0.15, 0.2) is 5.79 Å². The minimum absolute atomic E-state index is 0.0684. The summed E-state index contributed by atoms with van der Waals surface area (Å²) < 4.78 is 25.4. The fourth-order valence-electron chi connectivity index (χ4n) is 6.58. The molecule has 1 saturated heterocycles. The van der Waals surface area contributed by atoms with Gasteiger partial charge in [0.05, 0.1) is 18.7 Å². The van der Waals surface area contributed by atoms with Crippen molar-refractivity contribution in [3.63, 3.8) is 0 Å². The molecular weight excluding hydrogens is 663 g/mol. The standard InChI is InChI=1S/C40H51N3O7Si/c1-27(29(3)50-51(39(4,5)6,30-15-11-9-12-16-30)31-17-13-10-14-18-31)19-22-33(44)37-35(48-40(7,8)49-37)24-21-32-34(47-26-25-42-43-41)23-20-28(2)36(32)38(45)46/h9-24,27,29,33,35,37,44H,25-26H2,1-8H3,(H,45,46)/b22-19-,24-21+/t27-,29+,33?,35-,37-/m1/s1. The van der Waals surface area contributed by atoms with E-state index in [0.29, 0.717) is 16.9 Å². The van der Waals surface area contributed by atoms with Crippen molar-refractivity contribution in [2.24, 2.45) is 11.0 Å². The minimum atomic E-state index is -2.79. The Morgan fingerprint density at radius 1 is 1.02 bits per heavy atom. The summed E-state index contributed by atoms with van der Waals surface area (Å²) in [5.41, 5.74) is 9.57. The lowest BCUT2D eigenvalue weighted by molar-refractivity contribution is -0.150. The molecule has 1 heterocycles. The molecule has 0 saturated carbocycles. The van der Waals surface area contributed by atoms with Gasteiger partial charge < -0.3 is 28.8 Å². The van der Waals surface area contributed by atoms with Crippen molar-refractivity contribution in [1.82, 2.24) is 0 Å². The van der Waals surface area contributed by atoms with E-state index in [1.165, 1.54) is 10.4 Å². The summed E-state index contributed by atoms with van der Waals surface area (Å²) in [7, 11) is -2.79. The molecule has 0 spiro atoms. The average molecular weight is 714 g/mol. The second kappa shape index (κ2) is 16.9. The molecular formula is C40H51N3O7Si. The van der Waals surface area contributed by atoms with E-state index in [0.717, 1.165) is 0 Å². The first kappa shape index (κ1) is 39.6. The number of carboxylic acids is 1. The van der Waals surface area contributed by atoms with Gasteiger partial charge in [-0.25, -0.2) is 4.79 Å². The van der Waals surface area contributed by atoms with E-state index in [9.17, 15) is 15.0 Å². The second-order valence-electron chi connectivity index (χ2n) is 14.4. The van der Waals surface area contributed by atoms with Crippen LogP contribution in [0.25, 0.3) is 16.5 Å². The highest BCUT2D eigenvalue weighted by Crippen LogP contribution is 2.39. The van der Waals surface area contributed by atoms with Crippen LogP contribution in [0, 0.1) is 12.8 Å². The first-order valence-electron chi connectivity index (χ1n) is 17.3. The molecule has 5 atom stereocenters. The number of benzene rings is 3. The highest BCUT2D eigenvalue weighted by molar-refractivity contribution is 6.99. The van der Waals surface area contributed by atoms with Gasteiger partial charge in [0.25, 0.3) is 8.32 Å². The van der Waals surface area contributed by atoms with Gasteiger partial charge in [0.1, 0.15) is 24.1 Å². The fraction of sp³-hybridized carbons (Fsp3) is 0.425. The van der Waals surface area contributed by atoms with Crippen LogP contribution in [0.3, 0.4) is 0 Å². The molecule has 51 heavy (non-hydrogen) atoms. The number of azide groups is 1. The van der Waals surface area contributed by atoms with Gasteiger partial charge in [-0.2, -0.15) is 0 Å². The Balaban J connectivity index is 1.59. The van der Waals surface area contributed by atoms with Crippen LogP contribution in [0.15, 0.2) is 96.1 Å². The molecule has 272 valence electrons. The highest BCUT2D eigenvalue weighted by Gasteiger charge is 2.51. The maximum atomic E-state index is 12.3. The third kappa shape index (κ3) is 9.37. The topological polar surface area (TPSA) is 143 Å². The summed E-state index contributed by atoms with van der Waals surface area (Å²) in [6.45, 7) is 16.3. The molecule has 1 aliphatic rings. The molecule has 1 aliphatic heterocycles. The number of ether oxygens (including phenoxy) is 3. The van der Waals surface area contributed by atoms with Crippen LogP contribution < -0.4 is 15.1 Å². The zero-order valence-electron chi connectivity index (χ0n) is 30.8. The van der Waals surface area contributed by atoms with E-state index >= 15 is 0 Å². The molecule has 3 aromatic rings. The fourth-order valence-corrected chi connectivity index (χ4v) is 11.4. The number of carboxylic acid groups (broad SMARTS) is 1. The Labute approximate surface area is 302 Å². The summed E-state index contributed by atoms with van der Waals surface area (Å²) >= 11 is 0. The first-order chi connectivity index (χ1) is 24.1.